The SMILES string of the molecule is COC(=O)C(NC(=O)c1ccc(C#Cc2ccccc2)cc1)[C@@H](C)O.C[C@@H](O)C(NC(=O)c1ccc(C#Cc2ccccc2)cc1)C(=O)NO. The van der Waals surface area contributed by atoms with Crippen LogP contribution in [0.25, 0.3) is 0 Å². The summed E-state index contributed by atoms with van der Waals surface area (Å²) in [5.74, 6) is 9.45. The molecular formula is C39H37N3O8. The van der Waals surface area contributed by atoms with Crippen LogP contribution in [0.5, 0.6) is 0 Å². The van der Waals surface area contributed by atoms with E-state index in [0.717, 1.165) is 22.3 Å². The van der Waals surface area contributed by atoms with E-state index in [1.807, 2.05) is 60.7 Å². The first-order valence-electron chi connectivity index (χ1n) is 15.4. The second kappa shape index (κ2) is 19.5. The maximum Gasteiger partial charge on any atom is 0.331 e. The number of carbonyl (C=O) groups is 4. The average Bonchev–Trinajstić information content (AvgIpc) is 3.14. The van der Waals surface area contributed by atoms with Crippen LogP contribution in [0.3, 0.4) is 0 Å². The summed E-state index contributed by atoms with van der Waals surface area (Å²) >= 11 is 0. The van der Waals surface area contributed by atoms with Crippen molar-refractivity contribution in [3.05, 3.63) is 143 Å². The third-order valence-corrected chi connectivity index (χ3v) is 6.93. The molecule has 4 aromatic carbocycles. The molecule has 11 nitrogen and oxygen atoms in total. The number of esters is 1. The Hall–Kier alpha value is -6.24. The summed E-state index contributed by atoms with van der Waals surface area (Å²) in [6, 6.07) is 29.9. The zero-order chi connectivity index (χ0) is 36.5. The first-order chi connectivity index (χ1) is 24.0. The molecule has 6 N–H and O–H groups in total. The van der Waals surface area contributed by atoms with Crippen LogP contribution in [0.15, 0.2) is 109 Å². The smallest absolute Gasteiger partial charge is 0.331 e. The molecule has 4 rings (SSSR count). The zero-order valence-corrected chi connectivity index (χ0v) is 27.6. The molecule has 0 bridgehead atoms. The summed E-state index contributed by atoms with van der Waals surface area (Å²) < 4.78 is 4.57. The van der Waals surface area contributed by atoms with Gasteiger partial charge in [-0.1, -0.05) is 60.1 Å². The summed E-state index contributed by atoms with van der Waals surface area (Å²) in [5, 5.41) is 32.6. The summed E-state index contributed by atoms with van der Waals surface area (Å²) in [4.78, 5) is 47.4. The number of benzene rings is 4. The zero-order valence-electron chi connectivity index (χ0n) is 27.6. The lowest BCUT2D eigenvalue weighted by atomic mass is 10.1. The number of ether oxygens (including phenoxy) is 1. The molecule has 4 aromatic rings. The van der Waals surface area contributed by atoms with Gasteiger partial charge >= 0.3 is 5.97 Å². The molecule has 0 aromatic heterocycles. The molecule has 4 atom stereocenters. The monoisotopic (exact) mass is 675 g/mol. The molecule has 0 fully saturated rings. The number of aliphatic hydroxyl groups excluding tert-OH is 2. The number of amides is 3. The van der Waals surface area contributed by atoms with Crippen molar-refractivity contribution in [2.24, 2.45) is 0 Å². The van der Waals surface area contributed by atoms with Crippen LogP contribution in [0.4, 0.5) is 0 Å². The lowest BCUT2D eigenvalue weighted by Crippen LogP contribution is -2.51. The molecule has 0 aliphatic carbocycles. The van der Waals surface area contributed by atoms with Gasteiger partial charge < -0.3 is 25.6 Å². The van der Waals surface area contributed by atoms with Crippen molar-refractivity contribution in [2.45, 2.75) is 38.1 Å². The molecular weight excluding hydrogens is 638 g/mol. The van der Waals surface area contributed by atoms with Crippen LogP contribution in [-0.2, 0) is 14.3 Å². The Morgan fingerprint density at radius 1 is 0.560 bits per heavy atom. The molecule has 3 amide bonds. The minimum absolute atomic E-state index is 0.307. The van der Waals surface area contributed by atoms with Gasteiger partial charge in [0.1, 0.15) is 6.04 Å². The standard InChI is InChI=1S/C20H19NO4.C19H18N2O4/c1-14(22)18(20(24)25-2)21-19(23)17-12-10-16(11-13-17)9-8-15-6-4-3-5-7-15;1-13(22)17(19(24)21-25)20-18(23)16-11-9-15(10-12-16)8-7-14-5-3-2-4-6-14/h3-7,10-14,18,22H,1-2H3,(H,21,23);2-6,9-13,17,22,25H,1H3,(H,20,23)(H,21,24)/t14-,18?;13-,17?/m11/s1. The summed E-state index contributed by atoms with van der Waals surface area (Å²) in [7, 11) is 1.20. The predicted molar refractivity (Wildman–Crippen MR) is 186 cm³/mol. The molecule has 50 heavy (non-hydrogen) atoms. The minimum Gasteiger partial charge on any atom is -0.467 e. The van der Waals surface area contributed by atoms with Crippen LogP contribution in [0, 0.1) is 23.7 Å². The van der Waals surface area contributed by atoms with Crippen molar-refractivity contribution in [3.8, 4) is 23.7 Å². The summed E-state index contributed by atoms with van der Waals surface area (Å²) in [6.07, 6.45) is -2.22. The number of methoxy groups -OCH3 is 1. The van der Waals surface area contributed by atoms with Crippen molar-refractivity contribution in [1.29, 1.82) is 0 Å². The lowest BCUT2D eigenvalue weighted by molar-refractivity contribution is -0.145. The molecule has 0 aliphatic rings. The predicted octanol–water partition coefficient (Wildman–Crippen LogP) is 2.81. The summed E-state index contributed by atoms with van der Waals surface area (Å²) in [6.45, 7) is 2.74. The van der Waals surface area contributed by atoms with E-state index in [-0.39, 0.29) is 0 Å². The normalized spacial score (nSPS) is 12.3. The van der Waals surface area contributed by atoms with Gasteiger partial charge in [-0.25, -0.2) is 10.3 Å². The van der Waals surface area contributed by atoms with Gasteiger partial charge in [-0.15, -0.1) is 0 Å². The second-order valence-electron chi connectivity index (χ2n) is 10.8. The molecule has 0 saturated heterocycles. The first-order valence-corrected chi connectivity index (χ1v) is 15.4. The number of hydrogen-bond acceptors (Lipinski definition) is 8. The van der Waals surface area contributed by atoms with Gasteiger partial charge in [0.05, 0.1) is 19.3 Å². The van der Waals surface area contributed by atoms with Crippen LogP contribution in [0.2, 0.25) is 0 Å². The molecule has 0 heterocycles. The highest BCUT2D eigenvalue weighted by molar-refractivity contribution is 5.98. The van der Waals surface area contributed by atoms with Crippen molar-refractivity contribution < 1.29 is 39.3 Å². The Labute approximate surface area is 290 Å². The van der Waals surface area contributed by atoms with Crippen molar-refractivity contribution in [2.75, 3.05) is 7.11 Å². The lowest BCUT2D eigenvalue weighted by Gasteiger charge is -2.19. The fraction of sp³-hybridized carbons (Fsp3) is 0.179. The third kappa shape index (κ3) is 12.1. The van der Waals surface area contributed by atoms with Gasteiger partial charge in [0.15, 0.2) is 6.04 Å². The maximum atomic E-state index is 12.2. The Morgan fingerprint density at radius 3 is 1.22 bits per heavy atom. The van der Waals surface area contributed by atoms with Gasteiger partial charge in [0.2, 0.25) is 0 Å². The molecule has 0 saturated carbocycles. The number of aliphatic hydroxyl groups is 2. The molecule has 0 spiro atoms. The first kappa shape index (κ1) is 38.2. The highest BCUT2D eigenvalue weighted by Gasteiger charge is 2.27. The highest BCUT2D eigenvalue weighted by Crippen LogP contribution is 2.08. The average molecular weight is 676 g/mol. The van der Waals surface area contributed by atoms with E-state index in [9.17, 15) is 29.4 Å². The van der Waals surface area contributed by atoms with E-state index < -0.39 is 48.0 Å². The number of hydroxylamine groups is 1. The van der Waals surface area contributed by atoms with E-state index >= 15 is 0 Å². The Balaban J connectivity index is 0.000000270. The Kier molecular flexibility index (Phi) is 14.9. The Morgan fingerprint density at radius 2 is 0.900 bits per heavy atom. The van der Waals surface area contributed by atoms with E-state index in [0.29, 0.717) is 11.1 Å². The van der Waals surface area contributed by atoms with E-state index in [1.54, 1.807) is 48.5 Å². The minimum atomic E-state index is -1.25. The van der Waals surface area contributed by atoms with Crippen molar-refractivity contribution in [1.82, 2.24) is 16.1 Å². The number of carbonyl (C=O) groups excluding carboxylic acids is 4. The summed E-state index contributed by atoms with van der Waals surface area (Å²) in [5.41, 5.74) is 5.37. The van der Waals surface area contributed by atoms with Crippen LogP contribution in [0.1, 0.15) is 56.8 Å². The van der Waals surface area contributed by atoms with Crippen molar-refractivity contribution in [3.63, 3.8) is 0 Å². The van der Waals surface area contributed by atoms with E-state index in [2.05, 4.69) is 39.1 Å². The van der Waals surface area contributed by atoms with E-state index in [4.69, 9.17) is 5.21 Å². The van der Waals surface area contributed by atoms with Crippen LogP contribution in [-0.4, -0.2) is 70.5 Å². The Bertz CT molecular complexity index is 1710. The number of hydrogen-bond donors (Lipinski definition) is 6. The maximum absolute atomic E-state index is 12.2. The van der Waals surface area contributed by atoms with Crippen LogP contribution >= 0.6 is 0 Å². The molecule has 256 valence electrons. The van der Waals surface area contributed by atoms with Gasteiger partial charge in [0.25, 0.3) is 17.7 Å². The van der Waals surface area contributed by atoms with E-state index in [1.165, 1.54) is 26.4 Å². The molecule has 0 radical (unpaired) electrons. The largest absolute Gasteiger partial charge is 0.467 e. The van der Waals surface area contributed by atoms with Gasteiger partial charge in [-0.2, -0.15) is 0 Å². The topological polar surface area (TPSA) is 174 Å². The number of rotatable bonds is 8. The second-order valence-corrected chi connectivity index (χ2v) is 10.8. The molecule has 0 aliphatic heterocycles. The molecule has 2 unspecified atom stereocenters. The van der Waals surface area contributed by atoms with Crippen LogP contribution < -0.4 is 16.1 Å². The number of nitrogens with one attached hydrogen (secondary N) is 3. The van der Waals surface area contributed by atoms with Crippen molar-refractivity contribution >= 4 is 23.7 Å². The van der Waals surface area contributed by atoms with Gasteiger partial charge in [0, 0.05) is 33.4 Å². The van der Waals surface area contributed by atoms with Gasteiger partial charge in [-0.3, -0.25) is 19.6 Å². The molecule has 11 heteroatoms. The quantitative estimate of drug-likeness (QED) is 0.0716. The third-order valence-electron chi connectivity index (χ3n) is 6.93. The fourth-order valence-corrected chi connectivity index (χ4v) is 4.17. The highest BCUT2D eigenvalue weighted by atomic mass is 16.5. The fourth-order valence-electron chi connectivity index (χ4n) is 4.17. The van der Waals surface area contributed by atoms with Gasteiger partial charge in [-0.05, 0) is 86.6 Å².